The third kappa shape index (κ3) is 12.9. The summed E-state index contributed by atoms with van der Waals surface area (Å²) in [6.45, 7) is 0.824. The number of thioether (sulfide) groups is 2. The van der Waals surface area contributed by atoms with E-state index in [0.717, 1.165) is 9.75 Å². The fourth-order valence-electron chi connectivity index (χ4n) is 9.38. The summed E-state index contributed by atoms with van der Waals surface area (Å²) >= 11 is 5.71. The number of allylic oxidation sites excluding steroid dienone is 2. The minimum absolute atomic E-state index is 0.0103. The van der Waals surface area contributed by atoms with Gasteiger partial charge in [0.1, 0.15) is 81.4 Å². The van der Waals surface area contributed by atoms with Crippen molar-refractivity contribution in [3.8, 4) is 34.4 Å². The number of hydrogen-bond acceptors (Lipinski definition) is 21. The number of fused-ring (bicyclic) bond motifs is 6. The molecule has 2 aliphatic carbocycles. The number of rotatable bonds is 18. The van der Waals surface area contributed by atoms with Crippen LogP contribution in [-0.4, -0.2) is 121 Å². The number of nitrogens with one attached hydrogen (secondary N) is 2. The second kappa shape index (κ2) is 25.2. The largest absolute Gasteiger partial charge is 0.489 e. The molecule has 6 aliphatic heterocycles. The van der Waals surface area contributed by atoms with Crippen molar-refractivity contribution in [2.45, 2.75) is 42.6 Å². The van der Waals surface area contributed by atoms with E-state index in [0.29, 0.717) is 79.3 Å². The van der Waals surface area contributed by atoms with Crippen LogP contribution in [0.5, 0.6) is 11.5 Å². The first-order chi connectivity index (χ1) is 41.1. The molecule has 26 heteroatoms. The number of carbonyl (C=O) groups excluding carboxylic acids is 6. The Labute approximate surface area is 497 Å². The number of amides is 4. The van der Waals surface area contributed by atoms with E-state index in [9.17, 15) is 48.3 Å². The van der Waals surface area contributed by atoms with Crippen LogP contribution in [0.3, 0.4) is 0 Å². The van der Waals surface area contributed by atoms with E-state index in [-0.39, 0.29) is 60.1 Å². The number of hydrogen-bond donors (Lipinski definition) is 3. The first-order valence-corrected chi connectivity index (χ1v) is 29.8. The lowest BCUT2D eigenvalue weighted by Crippen LogP contribution is -2.70. The Morgan fingerprint density at radius 1 is 0.635 bits per heavy atom. The number of aliphatic carboxylic acids is 1. The Hall–Kier alpha value is -9.37. The molecule has 0 saturated carbocycles. The number of carboxylic acids is 1. The molecule has 8 heterocycles. The Morgan fingerprint density at radius 3 is 1.58 bits per heavy atom. The number of aromatic nitrogens is 2. The maximum atomic E-state index is 13.2. The van der Waals surface area contributed by atoms with Crippen molar-refractivity contribution < 1.29 is 66.5 Å². The molecular weight excluding hydrogens is 1180 g/mol. The molecule has 2 aromatic heterocycles. The van der Waals surface area contributed by atoms with E-state index in [4.69, 9.17) is 27.8 Å². The zero-order chi connectivity index (χ0) is 59.3. The highest BCUT2D eigenvalue weighted by atomic mass is 32.2. The molecule has 22 nitrogen and oxygen atoms in total. The molecule has 2 aromatic carbocycles. The van der Waals surface area contributed by atoms with Crippen molar-refractivity contribution in [2.24, 2.45) is 0 Å². The Morgan fingerprint density at radius 2 is 1.12 bits per heavy atom. The summed E-state index contributed by atoms with van der Waals surface area (Å²) in [6.07, 6.45) is 6.99. The SMILES string of the molecule is CC(=O)OCOC(=O)C1=C(/C=C\COc2ccc3nc4ccc(=O)cc-4oc3c2)CS[C@@H]2[C@H](NC(=O)Cc3cccs3)C(=O)N12.O=C(Cc1cccs1)N[C@@H]1C(=O)N2C(C(=O)O)=C(/C=C\COc3ccc4nc5ccc(=O)cc-5oc4c3)CS[C@H]12. The van der Waals surface area contributed by atoms with Crippen molar-refractivity contribution >= 4 is 110 Å². The monoisotopic (exact) mass is 1220 g/mol. The minimum atomic E-state index is -1.21. The lowest BCUT2D eigenvalue weighted by Gasteiger charge is -2.49. The van der Waals surface area contributed by atoms with E-state index >= 15 is 0 Å². The van der Waals surface area contributed by atoms with Crippen LogP contribution in [0.15, 0.2) is 173 Å². The van der Waals surface area contributed by atoms with Crippen molar-refractivity contribution in [1.29, 1.82) is 0 Å². The van der Waals surface area contributed by atoms with Crippen LogP contribution in [0.25, 0.3) is 45.1 Å². The summed E-state index contributed by atoms with van der Waals surface area (Å²) in [7, 11) is 0. The van der Waals surface area contributed by atoms with Gasteiger partial charge in [-0.15, -0.1) is 46.2 Å². The zero-order valence-electron chi connectivity index (χ0n) is 44.5. The zero-order valence-corrected chi connectivity index (χ0v) is 47.7. The maximum Gasteiger partial charge on any atom is 0.358 e. The van der Waals surface area contributed by atoms with E-state index in [1.54, 1.807) is 72.8 Å². The van der Waals surface area contributed by atoms with E-state index < -0.39 is 59.3 Å². The fraction of sp³-hybridized carbons (Fsp3) is 0.203. The molecule has 3 N–H and O–H groups in total. The van der Waals surface area contributed by atoms with E-state index in [1.807, 2.05) is 35.0 Å². The molecule has 0 bridgehead atoms. The van der Waals surface area contributed by atoms with Gasteiger partial charge in [0.2, 0.25) is 18.6 Å². The van der Waals surface area contributed by atoms with Gasteiger partial charge in [0.25, 0.3) is 11.8 Å². The standard InChI is InChI=1S/C31H25N3O9S2.C28H21N3O7S2/c1-17(35)41-16-42-31(39)28-18(15-45-30-27(29(38)34(28)30)33-26(37)14-21-5-3-11-44-21)4-2-10-40-20-7-9-23-25(13-20)43-24-12-19(36)6-8-22(24)32-23;32-16-5-7-19-21(11-16)38-22-12-17(6-8-20(22)29-19)37-9-1-3-15-14-40-27-24(26(34)31(27)25(15)28(35)36)30-23(33)13-18-4-2-10-39-18/h2-9,11-13,27,30H,10,14-16H2,1H3,(H,33,37);1-8,10-12,24,27H,9,13-14H2,(H,30,33)(H,35,36)/b4-2-;3-1-/t27-,30-;24-,27-/m11/s1. The van der Waals surface area contributed by atoms with Gasteiger partial charge in [0.15, 0.2) is 33.5 Å². The molecule has 4 aromatic rings. The van der Waals surface area contributed by atoms with Gasteiger partial charge in [-0.2, -0.15) is 0 Å². The van der Waals surface area contributed by atoms with Crippen LogP contribution in [0, 0.1) is 0 Å². The van der Waals surface area contributed by atoms with Gasteiger partial charge in [-0.25, -0.2) is 19.6 Å². The van der Waals surface area contributed by atoms with Gasteiger partial charge in [-0.1, -0.05) is 24.3 Å². The molecule has 85 heavy (non-hydrogen) atoms. The molecule has 4 amide bonds. The highest BCUT2D eigenvalue weighted by Gasteiger charge is 2.55. The van der Waals surface area contributed by atoms with Gasteiger partial charge in [-0.3, -0.25) is 43.4 Å². The van der Waals surface area contributed by atoms with E-state index in [1.165, 1.54) is 87.2 Å². The summed E-state index contributed by atoms with van der Waals surface area (Å²) in [6, 6.07) is 24.9. The minimum Gasteiger partial charge on any atom is -0.489 e. The summed E-state index contributed by atoms with van der Waals surface area (Å²) in [4.78, 5) is 124. The van der Waals surface area contributed by atoms with Crippen molar-refractivity contribution in [1.82, 2.24) is 30.4 Å². The molecule has 0 spiro atoms. The molecule has 8 aliphatic rings. The van der Waals surface area contributed by atoms with Crippen LogP contribution in [-0.2, 0) is 55.9 Å². The highest BCUT2D eigenvalue weighted by Crippen LogP contribution is 2.42. The second-order valence-electron chi connectivity index (χ2n) is 19.0. The molecule has 2 saturated heterocycles. The van der Waals surface area contributed by atoms with Crippen LogP contribution in [0.2, 0.25) is 0 Å². The number of thiophene rings is 2. The van der Waals surface area contributed by atoms with Crippen LogP contribution >= 0.6 is 46.2 Å². The van der Waals surface area contributed by atoms with Crippen molar-refractivity contribution in [2.75, 3.05) is 31.5 Å². The van der Waals surface area contributed by atoms with Gasteiger partial charge in [-0.05, 0) is 94.7 Å². The summed E-state index contributed by atoms with van der Waals surface area (Å²) in [5.41, 5.74) is 3.79. The van der Waals surface area contributed by atoms with Gasteiger partial charge in [0.05, 0.1) is 12.8 Å². The number of esters is 2. The molecule has 2 fully saturated rings. The normalized spacial score (nSPS) is 18.2. The fourth-order valence-corrected chi connectivity index (χ4v) is 13.4. The van der Waals surface area contributed by atoms with Gasteiger partial charge in [0, 0.05) is 52.4 Å². The third-order valence-electron chi connectivity index (χ3n) is 13.3. The number of ether oxygens (including phenoxy) is 4. The number of benzene rings is 4. The first kappa shape index (κ1) is 57.4. The molecule has 432 valence electrons. The van der Waals surface area contributed by atoms with Gasteiger partial charge < -0.3 is 43.5 Å². The van der Waals surface area contributed by atoms with Gasteiger partial charge >= 0.3 is 17.9 Å². The van der Waals surface area contributed by atoms with Crippen molar-refractivity contribution in [3.05, 3.63) is 185 Å². The molecule has 4 atom stereocenters. The Balaban J connectivity index is 0.000000178. The predicted molar refractivity (Wildman–Crippen MR) is 314 cm³/mol. The lowest BCUT2D eigenvalue weighted by molar-refractivity contribution is -0.166. The molecule has 0 radical (unpaired) electrons. The number of nitrogens with zero attached hydrogens (tertiary/aromatic N) is 4. The number of carbonyl (C=O) groups is 7. The lowest BCUT2D eigenvalue weighted by atomic mass is 10.0. The van der Waals surface area contributed by atoms with Crippen LogP contribution < -0.4 is 31.0 Å². The summed E-state index contributed by atoms with van der Waals surface area (Å²) in [5, 5.41) is 18.2. The van der Waals surface area contributed by atoms with Crippen LogP contribution in [0.4, 0.5) is 0 Å². The first-order valence-electron chi connectivity index (χ1n) is 25.9. The second-order valence-corrected chi connectivity index (χ2v) is 23.3. The highest BCUT2D eigenvalue weighted by molar-refractivity contribution is 8.00. The Bertz CT molecular complexity index is 4140. The topological polar surface area (TPSA) is 293 Å². The number of carboxylic acid groups (broad SMARTS) is 1. The average molecular weight is 1220 g/mol. The predicted octanol–water partition coefficient (Wildman–Crippen LogP) is 6.52. The third-order valence-corrected chi connectivity index (χ3v) is 17.6. The Kier molecular flexibility index (Phi) is 17.1. The molecule has 12 rings (SSSR count). The quantitative estimate of drug-likeness (QED) is 0.0356. The maximum absolute atomic E-state index is 13.2. The average Bonchev–Trinajstić information content (AvgIpc) is 1.32. The molecule has 0 unspecified atom stereocenters. The van der Waals surface area contributed by atoms with Crippen molar-refractivity contribution in [3.63, 3.8) is 0 Å². The summed E-state index contributed by atoms with van der Waals surface area (Å²) in [5.74, 6) is -1.68. The molecular formula is C59H46N6O16S4. The smallest absolute Gasteiger partial charge is 0.358 e. The van der Waals surface area contributed by atoms with Crippen LogP contribution in [0.1, 0.15) is 16.7 Å². The number of β-lactam (4-membered cyclic amide) rings is 2. The summed E-state index contributed by atoms with van der Waals surface area (Å²) < 4.78 is 33.2. The van der Waals surface area contributed by atoms with E-state index in [2.05, 4.69) is 20.6 Å².